The Labute approximate surface area is 111 Å². The van der Waals surface area contributed by atoms with E-state index in [1.54, 1.807) is 0 Å². The minimum atomic E-state index is 0.677. The smallest absolute Gasteiger partial charge is 0.0313 e. The molecule has 1 aliphatic heterocycles. The molecule has 1 atom stereocenters. The van der Waals surface area contributed by atoms with Crippen LogP contribution in [0.15, 0.2) is 18.5 Å². The number of hydrogen-bond donors (Lipinski definition) is 1. The van der Waals surface area contributed by atoms with E-state index in [1.165, 1.54) is 36.9 Å². The topological polar surface area (TPSA) is 28.2 Å². The van der Waals surface area contributed by atoms with Crippen LogP contribution < -0.4 is 5.32 Å². The van der Waals surface area contributed by atoms with Crippen molar-refractivity contribution < 1.29 is 0 Å². The van der Waals surface area contributed by atoms with E-state index in [0.29, 0.717) is 6.04 Å². The van der Waals surface area contributed by atoms with Gasteiger partial charge in [-0.25, -0.2) is 0 Å². The molecule has 100 valence electrons. The number of hydrogen-bond acceptors (Lipinski definition) is 3. The second-order valence-corrected chi connectivity index (χ2v) is 5.35. The molecule has 1 aliphatic rings. The number of piperidine rings is 1. The van der Waals surface area contributed by atoms with E-state index in [-0.39, 0.29) is 0 Å². The van der Waals surface area contributed by atoms with Crippen molar-refractivity contribution in [2.45, 2.75) is 45.7 Å². The number of likely N-dealkylation sites (N-methyl/N-ethyl adjacent to an activating group) is 1. The lowest BCUT2D eigenvalue weighted by atomic mass is 10.0. The lowest BCUT2D eigenvalue weighted by molar-refractivity contribution is 0.226. The van der Waals surface area contributed by atoms with Gasteiger partial charge in [-0.3, -0.25) is 9.88 Å². The van der Waals surface area contributed by atoms with Crippen LogP contribution in [0.25, 0.3) is 0 Å². The molecule has 0 radical (unpaired) electrons. The highest BCUT2D eigenvalue weighted by Gasteiger charge is 2.15. The summed E-state index contributed by atoms with van der Waals surface area (Å²) in [6, 6.07) is 2.92. The van der Waals surface area contributed by atoms with Crippen LogP contribution in [0.5, 0.6) is 0 Å². The number of aromatic nitrogens is 1. The molecule has 3 heteroatoms. The second kappa shape index (κ2) is 6.86. The lowest BCUT2D eigenvalue weighted by Gasteiger charge is -2.29. The average molecular weight is 247 g/mol. The molecule has 0 bridgehead atoms. The number of rotatable bonds is 5. The average Bonchev–Trinajstić information content (AvgIpc) is 2.39. The Hall–Kier alpha value is -0.930. The SMILES string of the molecule is CCN(Cc1cncc(C)c1)CC1CCCCN1. The largest absolute Gasteiger partial charge is 0.313 e. The number of aryl methyl sites for hydroxylation is 1. The molecule has 1 N–H and O–H groups in total. The maximum absolute atomic E-state index is 4.28. The third-order valence-corrected chi connectivity index (χ3v) is 3.68. The van der Waals surface area contributed by atoms with Crippen molar-refractivity contribution >= 4 is 0 Å². The molecule has 0 aliphatic carbocycles. The van der Waals surface area contributed by atoms with E-state index < -0.39 is 0 Å². The normalized spacial score (nSPS) is 20.3. The fourth-order valence-electron chi connectivity index (χ4n) is 2.66. The molecule has 1 aromatic rings. The van der Waals surface area contributed by atoms with Gasteiger partial charge in [-0.05, 0) is 44.0 Å². The molecule has 1 fully saturated rings. The Morgan fingerprint density at radius 2 is 2.28 bits per heavy atom. The third kappa shape index (κ3) is 4.07. The first-order valence-corrected chi connectivity index (χ1v) is 7.14. The van der Waals surface area contributed by atoms with Gasteiger partial charge in [0, 0.05) is 31.5 Å². The summed E-state index contributed by atoms with van der Waals surface area (Å²) in [6.07, 6.45) is 7.95. The molecule has 0 aromatic carbocycles. The molecular weight excluding hydrogens is 222 g/mol. The quantitative estimate of drug-likeness (QED) is 0.865. The van der Waals surface area contributed by atoms with E-state index in [4.69, 9.17) is 0 Å². The third-order valence-electron chi connectivity index (χ3n) is 3.68. The van der Waals surface area contributed by atoms with Crippen LogP contribution in [0, 0.1) is 6.92 Å². The standard InChI is InChI=1S/C15H25N3/c1-3-18(12-15-6-4-5-7-17-15)11-14-8-13(2)9-16-10-14/h8-10,15,17H,3-7,11-12H2,1-2H3. The zero-order valence-corrected chi connectivity index (χ0v) is 11.7. The van der Waals surface area contributed by atoms with Gasteiger partial charge >= 0.3 is 0 Å². The van der Waals surface area contributed by atoms with E-state index in [9.17, 15) is 0 Å². The fraction of sp³-hybridized carbons (Fsp3) is 0.667. The molecular formula is C15H25N3. The molecule has 2 heterocycles. The first-order chi connectivity index (χ1) is 8.78. The molecule has 1 saturated heterocycles. The molecule has 0 spiro atoms. The maximum atomic E-state index is 4.28. The van der Waals surface area contributed by atoms with Crippen LogP contribution in [0.2, 0.25) is 0 Å². The van der Waals surface area contributed by atoms with E-state index in [0.717, 1.165) is 19.6 Å². The van der Waals surface area contributed by atoms with Gasteiger partial charge in [0.25, 0.3) is 0 Å². The van der Waals surface area contributed by atoms with Crippen LogP contribution in [0.4, 0.5) is 0 Å². The molecule has 18 heavy (non-hydrogen) atoms. The van der Waals surface area contributed by atoms with E-state index >= 15 is 0 Å². The van der Waals surface area contributed by atoms with E-state index in [2.05, 4.69) is 35.1 Å². The Kier molecular flexibility index (Phi) is 5.14. The Morgan fingerprint density at radius 1 is 1.39 bits per heavy atom. The maximum Gasteiger partial charge on any atom is 0.0313 e. The zero-order chi connectivity index (χ0) is 12.8. The van der Waals surface area contributed by atoms with Crippen molar-refractivity contribution in [3.63, 3.8) is 0 Å². The van der Waals surface area contributed by atoms with Gasteiger partial charge in [-0.2, -0.15) is 0 Å². The number of nitrogens with one attached hydrogen (secondary N) is 1. The van der Waals surface area contributed by atoms with Gasteiger partial charge in [0.1, 0.15) is 0 Å². The van der Waals surface area contributed by atoms with Gasteiger partial charge in [0.05, 0.1) is 0 Å². The van der Waals surface area contributed by atoms with Crippen LogP contribution in [-0.4, -0.2) is 35.6 Å². The highest BCUT2D eigenvalue weighted by Crippen LogP contribution is 2.11. The summed E-state index contributed by atoms with van der Waals surface area (Å²) >= 11 is 0. The zero-order valence-electron chi connectivity index (χ0n) is 11.7. The minimum Gasteiger partial charge on any atom is -0.313 e. The first kappa shape index (κ1) is 13.5. The predicted octanol–water partition coefficient (Wildman–Crippen LogP) is 2.35. The van der Waals surface area contributed by atoms with Gasteiger partial charge in [0.15, 0.2) is 0 Å². The minimum absolute atomic E-state index is 0.677. The molecule has 0 amide bonds. The van der Waals surface area contributed by atoms with Crippen LogP contribution >= 0.6 is 0 Å². The van der Waals surface area contributed by atoms with Crippen molar-refractivity contribution in [3.05, 3.63) is 29.6 Å². The number of pyridine rings is 1. The summed E-state index contributed by atoms with van der Waals surface area (Å²) in [5.41, 5.74) is 2.58. The highest BCUT2D eigenvalue weighted by molar-refractivity contribution is 5.16. The van der Waals surface area contributed by atoms with Crippen LogP contribution in [-0.2, 0) is 6.54 Å². The summed E-state index contributed by atoms with van der Waals surface area (Å²) < 4.78 is 0. The summed E-state index contributed by atoms with van der Waals surface area (Å²) in [5.74, 6) is 0. The van der Waals surface area contributed by atoms with Crippen LogP contribution in [0.1, 0.15) is 37.3 Å². The Balaban J connectivity index is 1.88. The van der Waals surface area contributed by atoms with Gasteiger partial charge < -0.3 is 5.32 Å². The predicted molar refractivity (Wildman–Crippen MR) is 75.6 cm³/mol. The molecule has 3 nitrogen and oxygen atoms in total. The highest BCUT2D eigenvalue weighted by atomic mass is 15.1. The molecule has 1 unspecified atom stereocenters. The van der Waals surface area contributed by atoms with Crippen molar-refractivity contribution in [2.75, 3.05) is 19.6 Å². The van der Waals surface area contributed by atoms with Crippen molar-refractivity contribution in [3.8, 4) is 0 Å². The molecule has 0 saturated carbocycles. The summed E-state index contributed by atoms with van der Waals surface area (Å²) in [6.45, 7) is 8.82. The Morgan fingerprint density at radius 3 is 2.94 bits per heavy atom. The van der Waals surface area contributed by atoms with Crippen LogP contribution in [0.3, 0.4) is 0 Å². The first-order valence-electron chi connectivity index (χ1n) is 7.14. The second-order valence-electron chi connectivity index (χ2n) is 5.35. The van der Waals surface area contributed by atoms with E-state index in [1.807, 2.05) is 12.4 Å². The summed E-state index contributed by atoms with van der Waals surface area (Å²) in [5, 5.41) is 3.62. The van der Waals surface area contributed by atoms with Crippen molar-refractivity contribution in [1.82, 2.24) is 15.2 Å². The monoisotopic (exact) mass is 247 g/mol. The fourth-order valence-corrected chi connectivity index (χ4v) is 2.66. The molecule has 2 rings (SSSR count). The summed E-state index contributed by atoms with van der Waals surface area (Å²) in [4.78, 5) is 6.79. The summed E-state index contributed by atoms with van der Waals surface area (Å²) in [7, 11) is 0. The van der Waals surface area contributed by atoms with Gasteiger partial charge in [0.2, 0.25) is 0 Å². The van der Waals surface area contributed by atoms with Gasteiger partial charge in [-0.1, -0.05) is 19.4 Å². The van der Waals surface area contributed by atoms with Crippen molar-refractivity contribution in [2.24, 2.45) is 0 Å². The van der Waals surface area contributed by atoms with Gasteiger partial charge in [-0.15, -0.1) is 0 Å². The molecule has 1 aromatic heterocycles. The lowest BCUT2D eigenvalue weighted by Crippen LogP contribution is -2.43. The van der Waals surface area contributed by atoms with Crippen molar-refractivity contribution in [1.29, 1.82) is 0 Å². The Bertz CT molecular complexity index is 359. The number of nitrogens with zero attached hydrogens (tertiary/aromatic N) is 2.